The molecule has 3 aliphatic rings. The number of piperidine rings is 1. The van der Waals surface area contributed by atoms with Gasteiger partial charge in [-0.1, -0.05) is 12.1 Å². The number of carbonyl (C=O) groups is 1. The Hall–Kier alpha value is -1.51. The molecule has 1 aromatic rings. The number of nitrogen functional groups attached to an aromatic ring is 1. The van der Waals surface area contributed by atoms with E-state index in [1.165, 1.54) is 19.3 Å². The summed E-state index contributed by atoms with van der Waals surface area (Å²) in [5.74, 6) is 1.15. The van der Waals surface area contributed by atoms with E-state index >= 15 is 0 Å². The van der Waals surface area contributed by atoms with Crippen LogP contribution in [0.3, 0.4) is 0 Å². The van der Waals surface area contributed by atoms with E-state index < -0.39 is 0 Å². The van der Waals surface area contributed by atoms with E-state index in [-0.39, 0.29) is 5.41 Å². The highest BCUT2D eigenvalue weighted by molar-refractivity contribution is 5.92. The second-order valence-corrected chi connectivity index (χ2v) is 6.49. The number of hydrogen-bond acceptors (Lipinski definition) is 2. The number of hydrogen-bond donors (Lipinski definition) is 1. The molecule has 2 saturated carbocycles. The highest BCUT2D eigenvalue weighted by Gasteiger charge is 2.55. The van der Waals surface area contributed by atoms with E-state index in [4.69, 9.17) is 5.73 Å². The van der Waals surface area contributed by atoms with E-state index in [0.717, 1.165) is 36.6 Å². The van der Waals surface area contributed by atoms with E-state index in [2.05, 4.69) is 4.90 Å². The fourth-order valence-electron chi connectivity index (χ4n) is 4.00. The molecule has 19 heavy (non-hydrogen) atoms. The average molecular weight is 256 g/mol. The Labute approximate surface area is 113 Å². The molecule has 2 N–H and O–H groups in total. The van der Waals surface area contributed by atoms with Crippen LogP contribution in [0.1, 0.15) is 37.7 Å². The molecule has 1 aliphatic heterocycles. The van der Waals surface area contributed by atoms with Crippen molar-refractivity contribution in [1.82, 2.24) is 4.90 Å². The third-order valence-electron chi connectivity index (χ3n) is 5.29. The molecule has 3 fully saturated rings. The summed E-state index contributed by atoms with van der Waals surface area (Å²) in [6, 6.07) is 8.43. The van der Waals surface area contributed by atoms with Crippen molar-refractivity contribution < 1.29 is 4.79 Å². The molecule has 0 aromatic heterocycles. The molecule has 1 saturated heterocycles. The lowest BCUT2D eigenvalue weighted by Crippen LogP contribution is -2.43. The van der Waals surface area contributed by atoms with Gasteiger partial charge in [0, 0.05) is 18.3 Å². The van der Waals surface area contributed by atoms with Crippen LogP contribution in [0.15, 0.2) is 24.3 Å². The van der Waals surface area contributed by atoms with Crippen LogP contribution in [0.25, 0.3) is 0 Å². The molecule has 100 valence electrons. The van der Waals surface area contributed by atoms with Gasteiger partial charge in [0.05, 0.1) is 5.41 Å². The molecule has 4 rings (SSSR count). The lowest BCUT2D eigenvalue weighted by Gasteiger charge is -2.31. The summed E-state index contributed by atoms with van der Waals surface area (Å²) >= 11 is 0. The highest BCUT2D eigenvalue weighted by atomic mass is 16.2. The van der Waals surface area contributed by atoms with Gasteiger partial charge in [0.1, 0.15) is 0 Å². The summed E-state index contributed by atoms with van der Waals surface area (Å²) in [4.78, 5) is 15.1. The third kappa shape index (κ3) is 1.60. The van der Waals surface area contributed by atoms with E-state index in [9.17, 15) is 4.79 Å². The number of nitrogens with two attached hydrogens (primary N) is 1. The predicted octanol–water partition coefficient (Wildman–Crippen LogP) is 2.31. The monoisotopic (exact) mass is 256 g/mol. The van der Waals surface area contributed by atoms with Crippen LogP contribution < -0.4 is 5.73 Å². The van der Waals surface area contributed by atoms with Gasteiger partial charge < -0.3 is 10.6 Å². The van der Waals surface area contributed by atoms with Crippen molar-refractivity contribution in [1.29, 1.82) is 0 Å². The maximum Gasteiger partial charge on any atom is 0.233 e. The Balaban J connectivity index is 1.61. The van der Waals surface area contributed by atoms with E-state index in [1.54, 1.807) is 0 Å². The Morgan fingerprint density at radius 3 is 2.47 bits per heavy atom. The van der Waals surface area contributed by atoms with Gasteiger partial charge in [-0.15, -0.1) is 0 Å². The zero-order chi connectivity index (χ0) is 13.0. The van der Waals surface area contributed by atoms with Gasteiger partial charge in [-0.3, -0.25) is 4.79 Å². The molecule has 3 heteroatoms. The highest BCUT2D eigenvalue weighted by Crippen LogP contribution is 2.52. The standard InChI is InChI=1S/C16H20N2O/c17-13-4-2-12(3-5-13)16(7-8-16)15(19)18-10-11-1-6-14(18)9-11/h2-5,11,14H,1,6-10,17H2. The molecule has 1 aromatic carbocycles. The van der Waals surface area contributed by atoms with Crippen molar-refractivity contribution in [2.45, 2.75) is 43.6 Å². The fourth-order valence-corrected chi connectivity index (χ4v) is 4.00. The van der Waals surface area contributed by atoms with Crippen LogP contribution in [0.4, 0.5) is 5.69 Å². The normalized spacial score (nSPS) is 30.6. The molecule has 1 amide bonds. The minimum absolute atomic E-state index is 0.210. The largest absolute Gasteiger partial charge is 0.399 e. The van der Waals surface area contributed by atoms with Gasteiger partial charge in [-0.25, -0.2) is 0 Å². The first-order chi connectivity index (χ1) is 9.19. The van der Waals surface area contributed by atoms with Gasteiger partial charge in [0.15, 0.2) is 0 Å². The lowest BCUT2D eigenvalue weighted by atomic mass is 9.93. The number of carbonyl (C=O) groups excluding carboxylic acids is 1. The maximum atomic E-state index is 12.9. The second-order valence-electron chi connectivity index (χ2n) is 6.49. The summed E-state index contributed by atoms with van der Waals surface area (Å²) in [6.07, 6.45) is 5.79. The number of likely N-dealkylation sites (tertiary alicyclic amines) is 1. The smallest absolute Gasteiger partial charge is 0.233 e. The number of benzene rings is 1. The third-order valence-corrected chi connectivity index (χ3v) is 5.29. The Morgan fingerprint density at radius 2 is 1.95 bits per heavy atom. The summed E-state index contributed by atoms with van der Waals surface area (Å²) in [5, 5.41) is 0. The quantitative estimate of drug-likeness (QED) is 0.825. The molecule has 2 atom stereocenters. The molecule has 0 spiro atoms. The van der Waals surface area contributed by atoms with Crippen molar-refractivity contribution in [3.05, 3.63) is 29.8 Å². The van der Waals surface area contributed by atoms with E-state index in [1.807, 2.05) is 24.3 Å². The molecule has 1 heterocycles. The first kappa shape index (κ1) is 11.3. The number of amides is 1. The number of rotatable bonds is 2. The van der Waals surface area contributed by atoms with Crippen molar-refractivity contribution in [2.24, 2.45) is 5.92 Å². The van der Waals surface area contributed by atoms with Gasteiger partial charge in [-0.2, -0.15) is 0 Å². The van der Waals surface area contributed by atoms with Gasteiger partial charge in [0.25, 0.3) is 0 Å². The molecule has 3 nitrogen and oxygen atoms in total. The minimum atomic E-state index is -0.210. The average Bonchev–Trinajstić information content (AvgIpc) is 2.96. The summed E-state index contributed by atoms with van der Waals surface area (Å²) in [5.41, 5.74) is 7.46. The Bertz CT molecular complexity index is 518. The van der Waals surface area contributed by atoms with Crippen molar-refractivity contribution in [3.8, 4) is 0 Å². The van der Waals surface area contributed by atoms with Crippen LogP contribution in [-0.2, 0) is 10.2 Å². The number of nitrogens with zero attached hydrogens (tertiary/aromatic N) is 1. The molecule has 2 bridgehead atoms. The van der Waals surface area contributed by atoms with Gasteiger partial charge in [-0.05, 0) is 55.7 Å². The van der Waals surface area contributed by atoms with Crippen LogP contribution in [0.2, 0.25) is 0 Å². The Morgan fingerprint density at radius 1 is 1.21 bits per heavy atom. The van der Waals surface area contributed by atoms with Crippen LogP contribution in [-0.4, -0.2) is 23.4 Å². The summed E-state index contributed by atoms with van der Waals surface area (Å²) < 4.78 is 0. The fraction of sp³-hybridized carbons (Fsp3) is 0.562. The first-order valence-electron chi connectivity index (χ1n) is 7.36. The minimum Gasteiger partial charge on any atom is -0.399 e. The Kier molecular flexibility index (Phi) is 2.23. The van der Waals surface area contributed by atoms with Crippen molar-refractivity contribution >= 4 is 11.6 Å². The van der Waals surface area contributed by atoms with Crippen molar-refractivity contribution in [2.75, 3.05) is 12.3 Å². The van der Waals surface area contributed by atoms with Crippen LogP contribution >= 0.6 is 0 Å². The SMILES string of the molecule is Nc1ccc(C2(C(=O)N3CC4CCC3C4)CC2)cc1. The zero-order valence-corrected chi connectivity index (χ0v) is 11.1. The molecular formula is C16H20N2O. The van der Waals surface area contributed by atoms with Crippen LogP contribution in [0.5, 0.6) is 0 Å². The summed E-state index contributed by atoms with van der Waals surface area (Å²) in [6.45, 7) is 1.00. The van der Waals surface area contributed by atoms with E-state index in [0.29, 0.717) is 11.9 Å². The second kappa shape index (κ2) is 3.75. The summed E-state index contributed by atoms with van der Waals surface area (Å²) in [7, 11) is 0. The molecule has 2 aliphatic carbocycles. The number of anilines is 1. The van der Waals surface area contributed by atoms with Gasteiger partial charge in [0.2, 0.25) is 5.91 Å². The molecule has 0 radical (unpaired) electrons. The molecular weight excluding hydrogens is 236 g/mol. The number of fused-ring (bicyclic) bond motifs is 2. The zero-order valence-electron chi connectivity index (χ0n) is 11.1. The van der Waals surface area contributed by atoms with Crippen LogP contribution in [0, 0.1) is 5.92 Å². The van der Waals surface area contributed by atoms with Gasteiger partial charge >= 0.3 is 0 Å². The molecule has 2 unspecified atom stereocenters. The predicted molar refractivity (Wildman–Crippen MR) is 74.6 cm³/mol. The topological polar surface area (TPSA) is 46.3 Å². The van der Waals surface area contributed by atoms with Crippen molar-refractivity contribution in [3.63, 3.8) is 0 Å². The first-order valence-corrected chi connectivity index (χ1v) is 7.36. The maximum absolute atomic E-state index is 12.9. The lowest BCUT2D eigenvalue weighted by molar-refractivity contribution is -0.135.